The van der Waals surface area contributed by atoms with Gasteiger partial charge in [0.25, 0.3) is 5.91 Å². The maximum Gasteiger partial charge on any atom is 2.00 e. The van der Waals surface area contributed by atoms with Gasteiger partial charge in [0.15, 0.2) is 5.78 Å². The number of hydroxylamine groups is 3. The van der Waals surface area contributed by atoms with E-state index < -0.39 is 5.97 Å². The molecule has 242 valence electrons. The first-order valence-corrected chi connectivity index (χ1v) is 14.4. The molecule has 0 aliphatic carbocycles. The molecule has 0 aromatic heterocycles. The van der Waals surface area contributed by atoms with E-state index in [1.54, 1.807) is 56.0 Å². The number of halogens is 8. The van der Waals surface area contributed by atoms with Crippen molar-refractivity contribution in [2.75, 3.05) is 28.3 Å². The Balaban J connectivity index is -0.000000157. The minimum absolute atomic E-state index is 0. The van der Waals surface area contributed by atoms with E-state index in [9.17, 15) is 14.4 Å². The number of Topliss-reactive ketones (excluding diaryl/α,β-unsaturated/α-hetero) is 1. The summed E-state index contributed by atoms with van der Waals surface area (Å²) in [5.74, 6) is -1.13. The van der Waals surface area contributed by atoms with E-state index in [2.05, 4.69) is 52.6 Å². The van der Waals surface area contributed by atoms with Gasteiger partial charge in [0.05, 0.1) is 41.9 Å². The van der Waals surface area contributed by atoms with Gasteiger partial charge in [-0.1, -0.05) is 34.8 Å². The molecule has 0 aliphatic rings. The first-order valence-electron chi connectivity index (χ1n) is 10.9. The van der Waals surface area contributed by atoms with Crippen LogP contribution in [0, 0.1) is 7.43 Å². The number of carbonyl (C=O) groups is 3. The average Bonchev–Trinajstić information content (AvgIpc) is 2.93. The zero-order valence-electron chi connectivity index (χ0n) is 24.4. The number of carboxylic acids is 1. The number of nitrogens with zero attached hydrogens (tertiary/aromatic N) is 1. The molecule has 44 heavy (non-hydrogen) atoms. The standard InChI is InChI=1S/C9H9BrClNO2.C8H6BrClO.C7H4BrClO2.C2H7NO.CH3.2ClH.Mg/c1-12(14-2)9(13)6-3-4-8(11)7(10)5-6;1-5(11)6-2-3-8(10)7(9)4-6;8-5-3-4(7(10)11)1-2-6(5)9;1-3-4-2;;;;/h3-5H,1-2H3;2-4H,1H3;1-3H,(H,10,11);3H,1-2H3;1H3;2*1H;/q;;;;-1;;;+2/p-1. The Morgan fingerprint density at radius 1 is 0.773 bits per heavy atom. The first-order chi connectivity index (χ1) is 18.7. The van der Waals surface area contributed by atoms with Gasteiger partial charge in [-0.15, -0.1) is 0 Å². The number of carboxylic acid groups (broad SMARTS) is 1. The van der Waals surface area contributed by atoms with Crippen molar-refractivity contribution >= 4 is 123 Å². The summed E-state index contributed by atoms with van der Waals surface area (Å²) in [7, 11) is 6.44. The molecule has 3 N–H and O–H groups in total. The summed E-state index contributed by atoms with van der Waals surface area (Å²) in [5, 5.41) is 11.4. The minimum Gasteiger partial charge on any atom is -1.00 e. The molecule has 0 aliphatic heterocycles. The molecule has 17 heteroatoms. The second-order valence-electron chi connectivity index (χ2n) is 7.20. The Hall–Kier alpha value is -0.194. The summed E-state index contributed by atoms with van der Waals surface area (Å²) in [5.41, 5.74) is 3.04. The summed E-state index contributed by atoms with van der Waals surface area (Å²) in [6.07, 6.45) is 0. The normalized spacial score (nSPS) is 8.70. The van der Waals surface area contributed by atoms with Crippen molar-refractivity contribution in [3.63, 3.8) is 0 Å². The Labute approximate surface area is 327 Å². The number of quaternary nitrogens is 1. The SMILES string of the molecule is CC(=O)c1ccc(Cl)c(Br)c1.CON(C)C(=O)c1ccc(Cl)c(Br)c1.C[NH2+]OC.O=C(O)c1ccc(Cl)c(Br)c1.[CH3-].[Cl-].[Cl-].[Mg+2]. The van der Waals surface area contributed by atoms with Gasteiger partial charge in [-0.25, -0.2) is 20.2 Å². The number of ketones is 1. The maximum absolute atomic E-state index is 11.6. The molecule has 8 nitrogen and oxygen atoms in total. The Morgan fingerprint density at radius 2 is 1.09 bits per heavy atom. The molecule has 0 radical (unpaired) electrons. The summed E-state index contributed by atoms with van der Waals surface area (Å²) in [4.78, 5) is 42.0. The van der Waals surface area contributed by atoms with Crippen LogP contribution in [0.2, 0.25) is 15.1 Å². The zero-order valence-corrected chi connectivity index (χ0v) is 34.4. The van der Waals surface area contributed by atoms with Crippen molar-refractivity contribution in [3.8, 4) is 0 Å². The van der Waals surface area contributed by atoms with Crippen molar-refractivity contribution in [2.24, 2.45) is 0 Å². The van der Waals surface area contributed by atoms with Crippen LogP contribution in [-0.2, 0) is 9.68 Å². The predicted molar refractivity (Wildman–Crippen MR) is 181 cm³/mol. The second-order valence-corrected chi connectivity index (χ2v) is 11.0. The fourth-order valence-electron chi connectivity index (χ4n) is 2.24. The Bertz CT molecular complexity index is 1250. The van der Waals surface area contributed by atoms with Crippen LogP contribution in [-0.4, -0.2) is 79.2 Å². The van der Waals surface area contributed by atoms with Crippen LogP contribution in [0.1, 0.15) is 38.0 Å². The Kier molecular flexibility index (Phi) is 35.1. The molecule has 3 aromatic carbocycles. The minimum atomic E-state index is -0.956. The van der Waals surface area contributed by atoms with E-state index in [-0.39, 0.29) is 72.5 Å². The third-order valence-electron chi connectivity index (χ3n) is 4.45. The third kappa shape index (κ3) is 20.8. The van der Waals surface area contributed by atoms with Gasteiger partial charge in [0.2, 0.25) is 0 Å². The summed E-state index contributed by atoms with van der Waals surface area (Å²) < 4.78 is 2.04. The van der Waals surface area contributed by atoms with Crippen LogP contribution in [0.5, 0.6) is 0 Å². The molecule has 3 aromatic rings. The van der Waals surface area contributed by atoms with Crippen molar-refractivity contribution in [2.45, 2.75) is 6.92 Å². The summed E-state index contributed by atoms with van der Waals surface area (Å²) in [6.45, 7) is 1.52. The number of rotatable bonds is 5. The number of benzene rings is 3. The van der Waals surface area contributed by atoms with Crippen LogP contribution in [0.25, 0.3) is 0 Å². The Morgan fingerprint density at radius 3 is 1.39 bits per heavy atom. The quantitative estimate of drug-likeness (QED) is 0.175. The van der Waals surface area contributed by atoms with E-state index in [4.69, 9.17) is 44.7 Å². The fourth-order valence-corrected chi connectivity index (χ4v) is 3.73. The number of carbonyl (C=O) groups excluding carboxylic acids is 2. The number of amides is 1. The first kappa shape index (κ1) is 53.3. The number of hydrogen-bond donors (Lipinski definition) is 2. The monoisotopic (exact) mass is 914 g/mol. The van der Waals surface area contributed by atoms with Gasteiger partial charge < -0.3 is 37.3 Å². The number of hydrogen-bond acceptors (Lipinski definition) is 5. The van der Waals surface area contributed by atoms with Gasteiger partial charge in [-0.3, -0.25) is 14.4 Å². The zero-order chi connectivity index (χ0) is 31.0. The van der Waals surface area contributed by atoms with Gasteiger partial charge in [-0.2, -0.15) is 0 Å². The van der Waals surface area contributed by atoms with Crippen molar-refractivity contribution < 1.29 is 59.5 Å². The molecule has 0 unspecified atom stereocenters. The molecule has 0 atom stereocenters. The molecular weight excluding hydrogens is 890 g/mol. The average molecular weight is 920 g/mol. The van der Waals surface area contributed by atoms with Crippen LogP contribution >= 0.6 is 82.6 Å². The summed E-state index contributed by atoms with van der Waals surface area (Å²) >= 11 is 26.8. The van der Waals surface area contributed by atoms with Gasteiger partial charge >= 0.3 is 29.0 Å². The van der Waals surface area contributed by atoms with Crippen LogP contribution in [0.4, 0.5) is 0 Å². The van der Waals surface area contributed by atoms with Gasteiger partial charge in [-0.05, 0) is 109 Å². The molecule has 0 saturated heterocycles. The molecular formula is C27H30Br3Cl5MgN2O6. The smallest absolute Gasteiger partial charge is 1.00 e. The van der Waals surface area contributed by atoms with Gasteiger partial charge in [0.1, 0.15) is 0 Å². The van der Waals surface area contributed by atoms with E-state index in [1.165, 1.54) is 32.2 Å². The fraction of sp³-hybridized carbons (Fsp3) is 0.185. The molecule has 3 rings (SSSR count). The van der Waals surface area contributed by atoms with E-state index in [0.29, 0.717) is 35.1 Å². The van der Waals surface area contributed by atoms with Crippen LogP contribution in [0.3, 0.4) is 0 Å². The van der Waals surface area contributed by atoms with Gasteiger partial charge in [0, 0.05) is 31.6 Å². The second kappa shape index (κ2) is 29.0. The van der Waals surface area contributed by atoms with Crippen molar-refractivity contribution in [1.29, 1.82) is 0 Å². The third-order valence-corrected chi connectivity index (χ3v) is 8.10. The van der Waals surface area contributed by atoms with Crippen LogP contribution < -0.4 is 30.3 Å². The number of aromatic carboxylic acids is 1. The van der Waals surface area contributed by atoms with E-state index in [0.717, 1.165) is 9.54 Å². The molecule has 0 spiro atoms. The predicted octanol–water partition coefficient (Wildman–Crippen LogP) is 1.66. The topological polar surface area (TPSA) is 110 Å². The molecule has 0 saturated carbocycles. The number of nitrogens with two attached hydrogens (primary N) is 1. The maximum atomic E-state index is 11.6. The van der Waals surface area contributed by atoms with Crippen molar-refractivity contribution in [1.82, 2.24) is 5.06 Å². The van der Waals surface area contributed by atoms with Crippen LogP contribution in [0.15, 0.2) is 68.0 Å². The van der Waals surface area contributed by atoms with E-state index >= 15 is 0 Å². The molecule has 1 amide bonds. The van der Waals surface area contributed by atoms with E-state index in [1.807, 2.05) is 7.05 Å². The largest absolute Gasteiger partial charge is 2.00 e. The molecule has 0 heterocycles. The molecule has 0 bridgehead atoms. The van der Waals surface area contributed by atoms with Crippen molar-refractivity contribution in [3.05, 3.63) is 107 Å². The summed E-state index contributed by atoms with van der Waals surface area (Å²) in [6, 6.07) is 14.5. The molecule has 0 fully saturated rings.